The zero-order chi connectivity index (χ0) is 13.3. The molecule has 2 aromatic rings. The number of hydrogen-bond donors (Lipinski definition) is 1. The van der Waals surface area contributed by atoms with E-state index in [9.17, 15) is 4.39 Å². The highest BCUT2D eigenvalue weighted by Crippen LogP contribution is 2.29. The Morgan fingerprint density at radius 2 is 1.83 bits per heavy atom. The summed E-state index contributed by atoms with van der Waals surface area (Å²) in [6.07, 6.45) is 1.70. The first-order chi connectivity index (χ1) is 8.41. The molecule has 0 radical (unpaired) electrons. The zero-order valence-corrected chi connectivity index (χ0v) is 12.3. The topological polar surface area (TPSA) is 51.8 Å². The Morgan fingerprint density at radius 1 is 1.22 bits per heavy atom. The maximum Gasteiger partial charge on any atom is 0.140 e. The fourth-order valence-corrected chi connectivity index (χ4v) is 1.94. The van der Waals surface area contributed by atoms with Crippen molar-refractivity contribution in [2.75, 3.05) is 5.73 Å². The van der Waals surface area contributed by atoms with Crippen LogP contribution in [0.25, 0.3) is 0 Å². The second-order valence-corrected chi connectivity index (χ2v) is 5.72. The Bertz CT molecular complexity index is 567. The third kappa shape index (κ3) is 2.45. The van der Waals surface area contributed by atoms with E-state index < -0.39 is 5.41 Å². The highest BCUT2D eigenvalue weighted by molar-refractivity contribution is 14.1. The van der Waals surface area contributed by atoms with Crippen molar-refractivity contribution < 1.29 is 4.39 Å². The van der Waals surface area contributed by atoms with E-state index in [0.29, 0.717) is 11.6 Å². The molecule has 0 bridgehead atoms. The van der Waals surface area contributed by atoms with Gasteiger partial charge in [-0.15, -0.1) is 0 Å². The summed E-state index contributed by atoms with van der Waals surface area (Å²) in [4.78, 5) is 8.63. The molecule has 3 nitrogen and oxygen atoms in total. The van der Waals surface area contributed by atoms with E-state index in [0.717, 1.165) is 9.13 Å². The van der Waals surface area contributed by atoms with E-state index in [1.54, 1.807) is 18.3 Å². The zero-order valence-electron chi connectivity index (χ0n) is 10.1. The predicted molar refractivity (Wildman–Crippen MR) is 77.7 cm³/mol. The molecule has 5 heteroatoms. The van der Waals surface area contributed by atoms with Crippen LogP contribution in [0.15, 0.2) is 30.5 Å². The lowest BCUT2D eigenvalue weighted by Crippen LogP contribution is -2.23. The van der Waals surface area contributed by atoms with Crippen LogP contribution in [0.2, 0.25) is 0 Å². The summed E-state index contributed by atoms with van der Waals surface area (Å²) in [6, 6.07) is 6.36. The molecule has 0 aliphatic carbocycles. The standard InChI is InChI=1S/C13H13FIN3/c1-13(2,8-3-5-9(14)6-4-8)12-17-7-10(15)11(16)18-12/h3-7H,1-2H3,(H2,16,17,18). The Labute approximate surface area is 119 Å². The number of anilines is 1. The van der Waals surface area contributed by atoms with Crippen molar-refractivity contribution in [3.8, 4) is 0 Å². The van der Waals surface area contributed by atoms with Gasteiger partial charge >= 0.3 is 0 Å². The summed E-state index contributed by atoms with van der Waals surface area (Å²) in [5.74, 6) is 0.848. The van der Waals surface area contributed by atoms with Gasteiger partial charge in [0.05, 0.1) is 3.57 Å². The minimum absolute atomic E-state index is 0.252. The van der Waals surface area contributed by atoms with Crippen LogP contribution >= 0.6 is 22.6 Å². The van der Waals surface area contributed by atoms with Crippen LogP contribution in [-0.2, 0) is 5.41 Å². The minimum atomic E-state index is -0.411. The van der Waals surface area contributed by atoms with Crippen LogP contribution in [0.3, 0.4) is 0 Å². The van der Waals surface area contributed by atoms with E-state index in [4.69, 9.17) is 5.73 Å². The maximum atomic E-state index is 12.9. The van der Waals surface area contributed by atoms with Crippen molar-refractivity contribution in [1.82, 2.24) is 9.97 Å². The summed E-state index contributed by atoms with van der Waals surface area (Å²) in [5, 5.41) is 0. The van der Waals surface area contributed by atoms with Gasteiger partial charge in [-0.2, -0.15) is 0 Å². The molecule has 2 rings (SSSR count). The van der Waals surface area contributed by atoms with Crippen molar-refractivity contribution in [2.24, 2.45) is 0 Å². The summed E-state index contributed by atoms with van der Waals surface area (Å²) in [6.45, 7) is 3.98. The van der Waals surface area contributed by atoms with E-state index in [-0.39, 0.29) is 5.82 Å². The summed E-state index contributed by atoms with van der Waals surface area (Å²) < 4.78 is 13.8. The van der Waals surface area contributed by atoms with E-state index in [1.165, 1.54) is 12.1 Å². The maximum absolute atomic E-state index is 12.9. The Balaban J connectivity index is 2.46. The molecule has 94 valence electrons. The van der Waals surface area contributed by atoms with Gasteiger partial charge in [0.15, 0.2) is 0 Å². The monoisotopic (exact) mass is 357 g/mol. The van der Waals surface area contributed by atoms with E-state index >= 15 is 0 Å². The first kappa shape index (κ1) is 13.2. The van der Waals surface area contributed by atoms with Crippen LogP contribution in [-0.4, -0.2) is 9.97 Å². The molecule has 1 aromatic heterocycles. The number of rotatable bonds is 2. The van der Waals surface area contributed by atoms with Crippen LogP contribution in [0.1, 0.15) is 25.2 Å². The van der Waals surface area contributed by atoms with Crippen LogP contribution in [0.5, 0.6) is 0 Å². The van der Waals surface area contributed by atoms with Gasteiger partial charge in [-0.3, -0.25) is 0 Å². The molecule has 0 atom stereocenters. The molecule has 0 fully saturated rings. The third-order valence-electron chi connectivity index (χ3n) is 2.90. The van der Waals surface area contributed by atoms with Gasteiger partial charge in [0.25, 0.3) is 0 Å². The highest BCUT2D eigenvalue weighted by Gasteiger charge is 2.26. The van der Waals surface area contributed by atoms with Crippen molar-refractivity contribution in [3.05, 3.63) is 51.2 Å². The smallest absolute Gasteiger partial charge is 0.140 e. The number of benzene rings is 1. The number of nitrogens with zero attached hydrogens (tertiary/aromatic N) is 2. The second kappa shape index (κ2) is 4.79. The lowest BCUT2D eigenvalue weighted by atomic mass is 9.84. The molecule has 0 saturated carbocycles. The molecule has 0 aliphatic heterocycles. The van der Waals surface area contributed by atoms with Crippen molar-refractivity contribution in [3.63, 3.8) is 0 Å². The molecule has 1 aromatic carbocycles. The van der Waals surface area contributed by atoms with Crippen molar-refractivity contribution >= 4 is 28.4 Å². The minimum Gasteiger partial charge on any atom is -0.383 e. The Hall–Kier alpha value is -1.24. The number of nitrogen functional groups attached to an aromatic ring is 1. The average molecular weight is 357 g/mol. The molecular weight excluding hydrogens is 344 g/mol. The fourth-order valence-electron chi connectivity index (χ4n) is 1.68. The normalized spacial score (nSPS) is 11.6. The molecule has 1 heterocycles. The van der Waals surface area contributed by atoms with E-state index in [2.05, 4.69) is 32.6 Å². The number of halogens is 2. The molecule has 0 spiro atoms. The highest BCUT2D eigenvalue weighted by atomic mass is 127. The Kier molecular flexibility index (Phi) is 3.52. The van der Waals surface area contributed by atoms with Crippen molar-refractivity contribution in [2.45, 2.75) is 19.3 Å². The van der Waals surface area contributed by atoms with Crippen molar-refractivity contribution in [1.29, 1.82) is 0 Å². The molecule has 0 aliphatic rings. The molecular formula is C13H13FIN3. The first-order valence-electron chi connectivity index (χ1n) is 5.46. The predicted octanol–water partition coefficient (Wildman–Crippen LogP) is 3.13. The van der Waals surface area contributed by atoms with Gasteiger partial charge in [-0.05, 0) is 54.1 Å². The molecule has 0 amide bonds. The number of hydrogen-bond acceptors (Lipinski definition) is 3. The number of aromatic nitrogens is 2. The van der Waals surface area contributed by atoms with Gasteiger partial charge in [-0.25, -0.2) is 14.4 Å². The van der Waals surface area contributed by atoms with Crippen LogP contribution < -0.4 is 5.73 Å². The SMILES string of the molecule is CC(C)(c1ccc(F)cc1)c1ncc(I)c(N)n1. The van der Waals surface area contributed by atoms with Gasteiger partial charge in [0.1, 0.15) is 17.5 Å². The quantitative estimate of drug-likeness (QED) is 0.841. The summed E-state index contributed by atoms with van der Waals surface area (Å²) >= 11 is 2.09. The molecule has 2 N–H and O–H groups in total. The Morgan fingerprint density at radius 3 is 2.39 bits per heavy atom. The first-order valence-corrected chi connectivity index (χ1v) is 6.53. The fraction of sp³-hybridized carbons (Fsp3) is 0.231. The van der Waals surface area contributed by atoms with Gasteiger partial charge in [0.2, 0.25) is 0 Å². The molecule has 0 saturated heterocycles. The summed E-state index contributed by atoms with van der Waals surface area (Å²) in [7, 11) is 0. The van der Waals surface area contributed by atoms with Gasteiger partial charge < -0.3 is 5.73 Å². The molecule has 18 heavy (non-hydrogen) atoms. The van der Waals surface area contributed by atoms with Crippen LogP contribution in [0, 0.1) is 9.39 Å². The third-order valence-corrected chi connectivity index (χ3v) is 3.73. The number of nitrogens with two attached hydrogens (primary N) is 1. The largest absolute Gasteiger partial charge is 0.383 e. The second-order valence-electron chi connectivity index (χ2n) is 4.56. The van der Waals surface area contributed by atoms with Gasteiger partial charge in [-0.1, -0.05) is 12.1 Å². The lowest BCUT2D eigenvalue weighted by molar-refractivity contribution is 0.583. The van der Waals surface area contributed by atoms with Crippen LogP contribution in [0.4, 0.5) is 10.2 Å². The van der Waals surface area contributed by atoms with Gasteiger partial charge in [0, 0.05) is 11.6 Å². The van der Waals surface area contributed by atoms with E-state index in [1.807, 2.05) is 13.8 Å². The average Bonchev–Trinajstić information content (AvgIpc) is 2.33. The lowest BCUT2D eigenvalue weighted by Gasteiger charge is -2.23. The molecule has 0 unspecified atom stereocenters. The summed E-state index contributed by atoms with van der Waals surface area (Å²) in [5.41, 5.74) is 6.34.